The number of pyridine rings is 2. The van der Waals surface area contributed by atoms with E-state index in [0.717, 1.165) is 94.3 Å². The van der Waals surface area contributed by atoms with E-state index in [2.05, 4.69) is 163 Å². The van der Waals surface area contributed by atoms with Gasteiger partial charge in [-0.3, -0.25) is 13.7 Å². The predicted octanol–water partition coefficient (Wildman–Crippen LogP) is 11.9. The van der Waals surface area contributed by atoms with Crippen molar-refractivity contribution in [3.8, 4) is 28.2 Å². The van der Waals surface area contributed by atoms with Crippen molar-refractivity contribution in [2.24, 2.45) is 0 Å². The Balaban J connectivity index is 1.18. The number of benzene rings is 5. The van der Waals surface area contributed by atoms with Gasteiger partial charge in [0.2, 0.25) is 0 Å². The van der Waals surface area contributed by atoms with E-state index in [1.54, 1.807) is 0 Å². The molecule has 10 aromatic rings. The first-order valence-electron chi connectivity index (χ1n) is 18.4. The van der Waals surface area contributed by atoms with Crippen LogP contribution < -0.4 is 5.73 Å². The third-order valence-electron chi connectivity index (χ3n) is 10.7. The number of hydrogen-bond acceptors (Lipinski definition) is 3. The van der Waals surface area contributed by atoms with Crippen LogP contribution in [-0.4, -0.2) is 23.7 Å². The summed E-state index contributed by atoms with van der Waals surface area (Å²) in [5.41, 5.74) is 22.3. The molecule has 0 aliphatic rings. The van der Waals surface area contributed by atoms with Gasteiger partial charge >= 0.3 is 0 Å². The Morgan fingerprint density at radius 2 is 1.15 bits per heavy atom. The lowest BCUT2D eigenvalue weighted by molar-refractivity contribution is 1.12. The number of allylic oxidation sites excluding steroid dienone is 1. The smallest absolute Gasteiger partial charge is 0.145 e. The Morgan fingerprint density at radius 3 is 1.91 bits per heavy atom. The zero-order chi connectivity index (χ0) is 36.7. The van der Waals surface area contributed by atoms with Crippen LogP contribution in [0.4, 0.5) is 5.82 Å². The van der Waals surface area contributed by atoms with Gasteiger partial charge in [-0.25, -0.2) is 9.97 Å². The molecular formula is C48H38N6. The minimum Gasteiger partial charge on any atom is -0.384 e. The maximum atomic E-state index is 6.99. The van der Waals surface area contributed by atoms with Crippen LogP contribution in [0, 0.1) is 13.8 Å². The van der Waals surface area contributed by atoms with Crippen molar-refractivity contribution in [2.45, 2.75) is 27.7 Å². The lowest BCUT2D eigenvalue weighted by Gasteiger charge is -2.14. The Bertz CT molecular complexity index is 3150. The van der Waals surface area contributed by atoms with Crippen molar-refractivity contribution in [1.29, 1.82) is 0 Å². The van der Waals surface area contributed by atoms with Gasteiger partial charge in [0.1, 0.15) is 17.1 Å². The van der Waals surface area contributed by atoms with E-state index in [-0.39, 0.29) is 0 Å². The molecule has 6 nitrogen and oxygen atoms in total. The normalized spacial score (nSPS) is 11.8. The van der Waals surface area contributed by atoms with Crippen LogP contribution >= 0.6 is 0 Å². The predicted molar refractivity (Wildman–Crippen MR) is 226 cm³/mol. The van der Waals surface area contributed by atoms with E-state index in [4.69, 9.17) is 15.7 Å². The lowest BCUT2D eigenvalue weighted by Crippen LogP contribution is -2.01. The molecule has 0 fully saturated rings. The minimum atomic E-state index is 0.734. The van der Waals surface area contributed by atoms with Gasteiger partial charge in [-0.2, -0.15) is 0 Å². The fraction of sp³-hybridized carbons (Fsp3) is 0.0833. The van der Waals surface area contributed by atoms with E-state index in [1.165, 1.54) is 16.7 Å². The van der Waals surface area contributed by atoms with Crippen molar-refractivity contribution < 1.29 is 0 Å². The van der Waals surface area contributed by atoms with Crippen molar-refractivity contribution in [3.63, 3.8) is 0 Å². The zero-order valence-corrected chi connectivity index (χ0v) is 30.7. The summed E-state index contributed by atoms with van der Waals surface area (Å²) in [5.74, 6) is 0.734. The molecule has 5 heterocycles. The fourth-order valence-electron chi connectivity index (χ4n) is 8.27. The van der Waals surface area contributed by atoms with Crippen molar-refractivity contribution in [1.82, 2.24) is 23.7 Å². The summed E-state index contributed by atoms with van der Waals surface area (Å²) >= 11 is 0. The van der Waals surface area contributed by atoms with E-state index in [1.807, 2.05) is 24.5 Å². The summed E-state index contributed by atoms with van der Waals surface area (Å²) in [4.78, 5) is 9.84. The molecule has 6 heteroatoms. The van der Waals surface area contributed by atoms with Crippen LogP contribution in [-0.2, 0) is 0 Å². The number of aromatic nitrogens is 5. The molecule has 2 N–H and O–H groups in total. The maximum absolute atomic E-state index is 6.99. The Kier molecular flexibility index (Phi) is 7.11. The van der Waals surface area contributed by atoms with Gasteiger partial charge in [0.25, 0.3) is 0 Å². The van der Waals surface area contributed by atoms with Crippen LogP contribution in [0.3, 0.4) is 0 Å². The van der Waals surface area contributed by atoms with Crippen molar-refractivity contribution in [2.75, 3.05) is 5.73 Å². The highest BCUT2D eigenvalue weighted by molar-refractivity contribution is 6.11. The molecular weight excluding hydrogens is 661 g/mol. The van der Waals surface area contributed by atoms with E-state index >= 15 is 0 Å². The number of para-hydroxylation sites is 1. The van der Waals surface area contributed by atoms with Crippen LogP contribution in [0.15, 0.2) is 145 Å². The molecule has 0 saturated carbocycles. The Morgan fingerprint density at radius 1 is 0.537 bits per heavy atom. The number of anilines is 1. The third-order valence-corrected chi connectivity index (χ3v) is 10.7. The summed E-state index contributed by atoms with van der Waals surface area (Å²) in [7, 11) is 0. The largest absolute Gasteiger partial charge is 0.384 e. The molecule has 0 unspecified atom stereocenters. The molecule has 54 heavy (non-hydrogen) atoms. The second kappa shape index (κ2) is 12.1. The van der Waals surface area contributed by atoms with E-state index < -0.39 is 0 Å². The van der Waals surface area contributed by atoms with Crippen LogP contribution in [0.25, 0.3) is 89.0 Å². The van der Waals surface area contributed by atoms with Gasteiger partial charge in [-0.05, 0) is 118 Å². The standard InChI is InChI=1S/C48H38N6/c1-29(2)25-41-38-26-31(4)15-20-43(38)52(46(41)49)34-19-22-45-40(28-34)37-11-8-24-51-48(37)54(45)42-12-6-5-9-35(42)32-16-21-44-39(27-32)36-10-7-23-50-47(36)53(44)33-17-13-30(3)14-18-33/h5-28H,49H2,1-4H3. The first-order valence-corrected chi connectivity index (χ1v) is 18.4. The Hall–Kier alpha value is -6.92. The van der Waals surface area contributed by atoms with E-state index in [9.17, 15) is 0 Å². The van der Waals surface area contributed by atoms with Gasteiger partial charge in [0, 0.05) is 61.8 Å². The number of fused-ring (bicyclic) bond motifs is 7. The summed E-state index contributed by atoms with van der Waals surface area (Å²) < 4.78 is 6.76. The minimum absolute atomic E-state index is 0.734. The highest BCUT2D eigenvalue weighted by Crippen LogP contribution is 2.40. The van der Waals surface area contributed by atoms with Crippen LogP contribution in [0.2, 0.25) is 0 Å². The van der Waals surface area contributed by atoms with Gasteiger partial charge < -0.3 is 5.73 Å². The van der Waals surface area contributed by atoms with E-state index in [0.29, 0.717) is 0 Å². The molecule has 0 radical (unpaired) electrons. The molecule has 0 aliphatic heterocycles. The van der Waals surface area contributed by atoms with Gasteiger partial charge in [-0.1, -0.05) is 65.2 Å². The monoisotopic (exact) mass is 698 g/mol. The number of nitrogen functional groups attached to an aromatic ring is 1. The number of nitrogens with zero attached hydrogens (tertiary/aromatic N) is 5. The number of hydrogen-bond donors (Lipinski definition) is 1. The first kappa shape index (κ1) is 31.8. The van der Waals surface area contributed by atoms with Gasteiger partial charge in [-0.15, -0.1) is 0 Å². The summed E-state index contributed by atoms with van der Waals surface area (Å²) in [5, 5.41) is 5.64. The number of aryl methyl sites for hydroxylation is 2. The topological polar surface area (TPSA) is 66.6 Å². The second-order valence-electron chi connectivity index (χ2n) is 14.6. The van der Waals surface area contributed by atoms with Crippen LogP contribution in [0.5, 0.6) is 0 Å². The molecule has 0 spiro atoms. The molecule has 0 bridgehead atoms. The average Bonchev–Trinajstić information content (AvgIpc) is 3.79. The Labute approximate surface area is 313 Å². The SMILES string of the molecule is CC(C)=Cc1c(N)n(-c2ccc3c(c2)c2cccnc2n3-c2ccccc2-c2ccc3c(c2)c2cccnc2n3-c2ccc(C)cc2)c2ccc(C)cc12. The molecule has 0 atom stereocenters. The molecule has 5 aromatic carbocycles. The van der Waals surface area contributed by atoms with Gasteiger partial charge in [0.15, 0.2) is 0 Å². The quantitative estimate of drug-likeness (QED) is 0.195. The summed E-state index contributed by atoms with van der Waals surface area (Å²) in [6.07, 6.45) is 5.94. The average molecular weight is 699 g/mol. The second-order valence-corrected chi connectivity index (χ2v) is 14.6. The molecule has 5 aromatic heterocycles. The van der Waals surface area contributed by atoms with Crippen LogP contribution in [0.1, 0.15) is 30.5 Å². The zero-order valence-electron chi connectivity index (χ0n) is 30.7. The third kappa shape index (κ3) is 4.80. The number of rotatable bonds is 5. The highest BCUT2D eigenvalue weighted by Gasteiger charge is 2.21. The molecule has 260 valence electrons. The van der Waals surface area contributed by atoms with Gasteiger partial charge in [0.05, 0.1) is 22.2 Å². The molecule has 0 amide bonds. The molecule has 10 rings (SSSR count). The summed E-state index contributed by atoms with van der Waals surface area (Å²) in [6, 6.07) is 45.7. The molecule has 0 aliphatic carbocycles. The first-order chi connectivity index (χ1) is 26.4. The lowest BCUT2D eigenvalue weighted by atomic mass is 10.0. The highest BCUT2D eigenvalue weighted by atomic mass is 15.1. The maximum Gasteiger partial charge on any atom is 0.145 e. The van der Waals surface area contributed by atoms with Crippen molar-refractivity contribution >= 4 is 66.7 Å². The number of nitrogens with two attached hydrogens (primary N) is 1. The summed E-state index contributed by atoms with van der Waals surface area (Å²) in [6.45, 7) is 8.47. The van der Waals surface area contributed by atoms with Crippen molar-refractivity contribution in [3.05, 3.63) is 162 Å². The molecule has 0 saturated heterocycles. The fourth-order valence-corrected chi connectivity index (χ4v) is 8.27.